The van der Waals surface area contributed by atoms with Crippen LogP contribution in [0.2, 0.25) is 0 Å². The zero-order valence-corrected chi connectivity index (χ0v) is 8.89. The molecule has 0 radical (unpaired) electrons. The number of hydrogen-bond acceptors (Lipinski definition) is 3. The SMILES string of the molecule is CC(C)N(O[P+](=O)Cl)C(C)C. The zero-order valence-electron chi connectivity index (χ0n) is 7.24. The average molecular weight is 199 g/mol. The molecular weight excluding hydrogens is 184 g/mol. The number of hydrogen-bond donors (Lipinski definition) is 0. The Bertz CT molecular complexity index is 133. The summed E-state index contributed by atoms with van der Waals surface area (Å²) in [5, 5.41) is 1.62. The normalized spacial score (nSPS) is 13.3. The van der Waals surface area contributed by atoms with Crippen LogP contribution in [0.3, 0.4) is 0 Å². The molecule has 1 atom stereocenters. The van der Waals surface area contributed by atoms with Crippen molar-refractivity contribution in [3.05, 3.63) is 0 Å². The van der Waals surface area contributed by atoms with E-state index in [-0.39, 0.29) is 12.1 Å². The van der Waals surface area contributed by atoms with Crippen molar-refractivity contribution >= 4 is 18.6 Å². The molecule has 0 aromatic heterocycles. The third kappa shape index (κ3) is 4.70. The smallest absolute Gasteiger partial charge is 0.132 e. The zero-order chi connectivity index (χ0) is 9.02. The fourth-order valence-corrected chi connectivity index (χ4v) is 1.60. The van der Waals surface area contributed by atoms with Gasteiger partial charge in [-0.25, -0.2) is 0 Å². The van der Waals surface area contributed by atoms with Crippen LogP contribution in [0.15, 0.2) is 0 Å². The largest absolute Gasteiger partial charge is 0.652 e. The van der Waals surface area contributed by atoms with E-state index in [0.717, 1.165) is 0 Å². The van der Waals surface area contributed by atoms with Crippen molar-refractivity contribution in [1.29, 1.82) is 0 Å². The summed E-state index contributed by atoms with van der Waals surface area (Å²) in [4.78, 5) is 0. The van der Waals surface area contributed by atoms with Crippen LogP contribution in [0, 0.1) is 0 Å². The first-order valence-corrected chi connectivity index (χ1v) is 5.63. The average Bonchev–Trinajstić information content (AvgIpc) is 1.81. The summed E-state index contributed by atoms with van der Waals surface area (Å²) in [7, 11) is -2.06. The minimum atomic E-state index is -2.06. The van der Waals surface area contributed by atoms with Gasteiger partial charge < -0.3 is 0 Å². The highest BCUT2D eigenvalue weighted by Gasteiger charge is 2.25. The van der Waals surface area contributed by atoms with Gasteiger partial charge in [-0.15, -0.1) is 5.06 Å². The highest BCUT2D eigenvalue weighted by Crippen LogP contribution is 2.31. The number of rotatable bonds is 4. The first-order valence-electron chi connectivity index (χ1n) is 3.54. The summed E-state index contributed by atoms with van der Waals surface area (Å²) in [5.41, 5.74) is 0. The maximum Gasteiger partial charge on any atom is 0.652 e. The molecule has 0 amide bonds. The second-order valence-electron chi connectivity index (χ2n) is 2.84. The van der Waals surface area contributed by atoms with Crippen molar-refractivity contribution in [2.24, 2.45) is 0 Å². The molecule has 0 bridgehead atoms. The van der Waals surface area contributed by atoms with E-state index in [2.05, 4.69) is 0 Å². The Morgan fingerprint density at radius 3 is 1.73 bits per heavy atom. The molecule has 0 heterocycles. The first-order chi connectivity index (χ1) is 4.95. The lowest BCUT2D eigenvalue weighted by Crippen LogP contribution is -2.34. The van der Waals surface area contributed by atoms with E-state index < -0.39 is 7.38 Å². The molecule has 3 nitrogen and oxygen atoms in total. The van der Waals surface area contributed by atoms with Gasteiger partial charge in [0, 0.05) is 12.1 Å². The summed E-state index contributed by atoms with van der Waals surface area (Å²) in [6.07, 6.45) is 0. The van der Waals surface area contributed by atoms with Crippen LogP contribution in [-0.4, -0.2) is 17.1 Å². The lowest BCUT2D eigenvalue weighted by Gasteiger charge is -2.21. The third-order valence-electron chi connectivity index (χ3n) is 1.18. The van der Waals surface area contributed by atoms with Crippen molar-refractivity contribution in [1.82, 2.24) is 5.06 Å². The fraction of sp³-hybridized carbons (Fsp3) is 1.00. The molecule has 0 saturated heterocycles. The Kier molecular flexibility index (Phi) is 5.19. The molecule has 0 spiro atoms. The van der Waals surface area contributed by atoms with Gasteiger partial charge in [0.2, 0.25) is 11.2 Å². The van der Waals surface area contributed by atoms with Crippen molar-refractivity contribution in [3.63, 3.8) is 0 Å². The van der Waals surface area contributed by atoms with E-state index in [4.69, 9.17) is 15.9 Å². The standard InChI is InChI=1S/C6H14ClNO2P/c1-5(2)8(6(3)4)10-11(7)9/h5-6H,1-4H3/q+1. The number of hydroxylamine groups is 2. The van der Waals surface area contributed by atoms with Gasteiger partial charge in [0.05, 0.1) is 0 Å². The molecule has 0 aliphatic heterocycles. The minimum absolute atomic E-state index is 0.188. The first kappa shape index (κ1) is 11.3. The van der Waals surface area contributed by atoms with Gasteiger partial charge in [-0.05, 0) is 36.9 Å². The summed E-state index contributed by atoms with van der Waals surface area (Å²) in [6.45, 7) is 7.82. The quantitative estimate of drug-likeness (QED) is 0.514. The lowest BCUT2D eigenvalue weighted by molar-refractivity contribution is -0.102. The second-order valence-corrected chi connectivity index (χ2v) is 4.26. The molecule has 0 saturated carbocycles. The van der Waals surface area contributed by atoms with Gasteiger partial charge in [-0.1, -0.05) is 0 Å². The second kappa shape index (κ2) is 5.04. The molecule has 0 aliphatic rings. The van der Waals surface area contributed by atoms with Crippen molar-refractivity contribution in [2.45, 2.75) is 39.8 Å². The van der Waals surface area contributed by atoms with Crippen molar-refractivity contribution in [2.75, 3.05) is 0 Å². The third-order valence-corrected chi connectivity index (χ3v) is 1.68. The minimum Gasteiger partial charge on any atom is -0.132 e. The maximum atomic E-state index is 10.5. The Labute approximate surface area is 73.3 Å². The maximum absolute atomic E-state index is 10.5. The van der Waals surface area contributed by atoms with Gasteiger partial charge >= 0.3 is 7.38 Å². The Morgan fingerprint density at radius 1 is 1.27 bits per heavy atom. The van der Waals surface area contributed by atoms with E-state index in [9.17, 15) is 4.57 Å². The Balaban J connectivity index is 4.00. The van der Waals surface area contributed by atoms with Gasteiger partial charge in [-0.2, -0.15) is 0 Å². The Morgan fingerprint density at radius 2 is 1.64 bits per heavy atom. The van der Waals surface area contributed by atoms with Gasteiger partial charge in [0.15, 0.2) is 0 Å². The van der Waals surface area contributed by atoms with Gasteiger partial charge in [0.25, 0.3) is 0 Å². The molecular formula is C6H14ClNO2P+. The Hall–Kier alpha value is 0.310. The van der Waals surface area contributed by atoms with Crippen molar-refractivity contribution in [3.8, 4) is 0 Å². The molecule has 11 heavy (non-hydrogen) atoms. The number of halogens is 1. The predicted molar refractivity (Wildman–Crippen MR) is 46.7 cm³/mol. The monoisotopic (exact) mass is 198 g/mol. The van der Waals surface area contributed by atoms with E-state index in [0.29, 0.717) is 0 Å². The molecule has 0 N–H and O–H groups in total. The molecule has 0 fully saturated rings. The topological polar surface area (TPSA) is 29.5 Å². The van der Waals surface area contributed by atoms with Crippen LogP contribution in [0.25, 0.3) is 0 Å². The molecule has 0 aromatic rings. The summed E-state index contributed by atoms with van der Waals surface area (Å²) >= 11 is 5.21. The van der Waals surface area contributed by atoms with Crippen molar-refractivity contribution < 1.29 is 9.19 Å². The summed E-state index contributed by atoms with van der Waals surface area (Å²) in [5.74, 6) is 0. The van der Waals surface area contributed by atoms with Crippen LogP contribution in [0.4, 0.5) is 0 Å². The summed E-state index contributed by atoms with van der Waals surface area (Å²) in [6, 6.07) is 0.375. The van der Waals surface area contributed by atoms with Crippen LogP contribution >= 0.6 is 18.6 Å². The predicted octanol–water partition coefficient (Wildman–Crippen LogP) is 2.93. The highest BCUT2D eigenvalue weighted by atomic mass is 35.7. The van der Waals surface area contributed by atoms with Crippen LogP contribution in [0.5, 0.6) is 0 Å². The van der Waals surface area contributed by atoms with Gasteiger partial charge in [-0.3, -0.25) is 0 Å². The molecule has 5 heteroatoms. The fourth-order valence-electron chi connectivity index (χ4n) is 0.859. The van der Waals surface area contributed by atoms with Crippen LogP contribution < -0.4 is 0 Å². The molecule has 66 valence electrons. The van der Waals surface area contributed by atoms with Gasteiger partial charge in [0.1, 0.15) is 0 Å². The van der Waals surface area contributed by atoms with E-state index in [1.54, 1.807) is 5.06 Å². The molecule has 1 unspecified atom stereocenters. The van der Waals surface area contributed by atoms with Crippen LogP contribution in [-0.2, 0) is 9.19 Å². The molecule has 0 aromatic carbocycles. The van der Waals surface area contributed by atoms with Crippen LogP contribution in [0.1, 0.15) is 27.7 Å². The van der Waals surface area contributed by atoms with E-state index >= 15 is 0 Å². The van der Waals surface area contributed by atoms with E-state index in [1.165, 1.54) is 0 Å². The molecule has 0 rings (SSSR count). The molecule has 0 aliphatic carbocycles. The lowest BCUT2D eigenvalue weighted by atomic mass is 10.3. The number of nitrogens with zero attached hydrogens (tertiary/aromatic N) is 1. The summed E-state index contributed by atoms with van der Waals surface area (Å²) < 4.78 is 15.4. The highest BCUT2D eigenvalue weighted by molar-refractivity contribution is 7.69. The van der Waals surface area contributed by atoms with E-state index in [1.807, 2.05) is 27.7 Å².